The molecule has 2 N–H and O–H groups in total. The van der Waals surface area contributed by atoms with E-state index in [1.165, 1.54) is 0 Å². The zero-order valence-electron chi connectivity index (χ0n) is 11.4. The van der Waals surface area contributed by atoms with Crippen molar-refractivity contribution in [3.8, 4) is 0 Å². The summed E-state index contributed by atoms with van der Waals surface area (Å²) in [6.07, 6.45) is 0.555. The van der Waals surface area contributed by atoms with Crippen molar-refractivity contribution in [2.45, 2.75) is 39.7 Å². The molecule has 0 fully saturated rings. The van der Waals surface area contributed by atoms with E-state index in [-0.39, 0.29) is 6.09 Å². The van der Waals surface area contributed by atoms with Gasteiger partial charge in [0.2, 0.25) is 0 Å². The summed E-state index contributed by atoms with van der Waals surface area (Å²) >= 11 is 0. The number of benzene rings is 1. The lowest BCUT2D eigenvalue weighted by Gasteiger charge is -2.25. The van der Waals surface area contributed by atoms with Crippen molar-refractivity contribution in [2.24, 2.45) is 0 Å². The predicted molar refractivity (Wildman–Crippen MR) is 72.9 cm³/mol. The Morgan fingerprint density at radius 3 is 2.67 bits per heavy atom. The van der Waals surface area contributed by atoms with Gasteiger partial charge in [0.05, 0.1) is 5.69 Å². The van der Waals surface area contributed by atoms with Crippen LogP contribution in [0.2, 0.25) is 0 Å². The summed E-state index contributed by atoms with van der Waals surface area (Å²) in [4.78, 5) is 13.7. The number of carbonyl (C=O) groups is 1. The van der Waals surface area contributed by atoms with Crippen LogP contribution in [0, 0.1) is 6.92 Å². The van der Waals surface area contributed by atoms with Crippen molar-refractivity contribution in [3.05, 3.63) is 23.3 Å². The number of rotatable bonds is 0. The molecule has 0 saturated carbocycles. The Kier molecular flexibility index (Phi) is 2.97. The highest BCUT2D eigenvalue weighted by Crippen LogP contribution is 2.32. The van der Waals surface area contributed by atoms with Crippen molar-refractivity contribution < 1.29 is 9.53 Å². The summed E-state index contributed by atoms with van der Waals surface area (Å²) in [5.41, 5.74) is 9.24. The molecule has 0 bridgehead atoms. The smallest absolute Gasteiger partial charge is 0.414 e. The van der Waals surface area contributed by atoms with Crippen LogP contribution in [0.25, 0.3) is 0 Å². The van der Waals surface area contributed by atoms with E-state index in [4.69, 9.17) is 10.5 Å². The molecule has 0 aliphatic carbocycles. The molecule has 0 radical (unpaired) electrons. The van der Waals surface area contributed by atoms with Crippen LogP contribution in [0.1, 0.15) is 31.9 Å². The van der Waals surface area contributed by atoms with Gasteiger partial charge in [0.25, 0.3) is 0 Å². The largest absolute Gasteiger partial charge is 0.443 e. The zero-order chi connectivity index (χ0) is 13.5. The van der Waals surface area contributed by atoms with E-state index in [9.17, 15) is 4.79 Å². The third-order valence-electron chi connectivity index (χ3n) is 2.98. The molecule has 2 rings (SSSR count). The molecule has 1 aromatic carbocycles. The molecule has 0 saturated heterocycles. The monoisotopic (exact) mass is 248 g/mol. The summed E-state index contributed by atoms with van der Waals surface area (Å²) in [5, 5.41) is 0. The van der Waals surface area contributed by atoms with E-state index < -0.39 is 5.60 Å². The van der Waals surface area contributed by atoms with E-state index in [1.54, 1.807) is 4.90 Å². The number of nitrogen functional groups attached to an aromatic ring is 1. The lowest BCUT2D eigenvalue weighted by molar-refractivity contribution is 0.0584. The molecule has 0 atom stereocenters. The Morgan fingerprint density at radius 1 is 1.39 bits per heavy atom. The third-order valence-corrected chi connectivity index (χ3v) is 2.98. The third kappa shape index (κ3) is 2.42. The molecule has 98 valence electrons. The highest BCUT2D eigenvalue weighted by Gasteiger charge is 2.29. The van der Waals surface area contributed by atoms with Gasteiger partial charge in [-0.2, -0.15) is 0 Å². The maximum Gasteiger partial charge on any atom is 0.414 e. The first-order chi connectivity index (χ1) is 8.28. The van der Waals surface area contributed by atoms with Crippen molar-refractivity contribution in [1.29, 1.82) is 0 Å². The molecule has 1 aliphatic heterocycles. The summed E-state index contributed by atoms with van der Waals surface area (Å²) in [7, 11) is 0. The maximum atomic E-state index is 12.1. The van der Waals surface area contributed by atoms with E-state index in [0.29, 0.717) is 12.2 Å². The van der Waals surface area contributed by atoms with Gasteiger partial charge in [-0.3, -0.25) is 4.90 Å². The van der Waals surface area contributed by atoms with Gasteiger partial charge in [0.15, 0.2) is 0 Å². The molecule has 4 nitrogen and oxygen atoms in total. The number of anilines is 2. The Morgan fingerprint density at radius 2 is 2.06 bits per heavy atom. The van der Waals surface area contributed by atoms with Crippen LogP contribution in [-0.2, 0) is 11.2 Å². The van der Waals surface area contributed by atoms with Crippen molar-refractivity contribution in [1.82, 2.24) is 0 Å². The molecule has 1 heterocycles. The molecular formula is C14H20N2O2. The molecule has 1 aromatic rings. The van der Waals surface area contributed by atoms with E-state index in [1.807, 2.05) is 33.8 Å². The number of nitrogens with zero attached hydrogens (tertiary/aromatic N) is 1. The lowest BCUT2D eigenvalue weighted by Crippen LogP contribution is -2.35. The van der Waals surface area contributed by atoms with Gasteiger partial charge in [-0.1, -0.05) is 6.07 Å². The second-order valence-electron chi connectivity index (χ2n) is 5.72. The van der Waals surface area contributed by atoms with E-state index in [0.717, 1.165) is 23.2 Å². The lowest BCUT2D eigenvalue weighted by atomic mass is 10.1. The number of hydrogen-bond donors (Lipinski definition) is 1. The summed E-state index contributed by atoms with van der Waals surface area (Å²) < 4.78 is 5.39. The van der Waals surface area contributed by atoms with Gasteiger partial charge in [-0.15, -0.1) is 0 Å². The van der Waals surface area contributed by atoms with Crippen LogP contribution in [0.15, 0.2) is 12.1 Å². The van der Waals surface area contributed by atoms with Gasteiger partial charge < -0.3 is 10.5 Å². The fraction of sp³-hybridized carbons (Fsp3) is 0.500. The first-order valence-electron chi connectivity index (χ1n) is 6.17. The number of ether oxygens (including phenoxy) is 1. The summed E-state index contributed by atoms with van der Waals surface area (Å²) in [5.74, 6) is 0. The molecule has 1 amide bonds. The van der Waals surface area contributed by atoms with Gasteiger partial charge in [-0.25, -0.2) is 4.79 Å². The SMILES string of the molecule is Cc1cc2c(cc1N)N(C(=O)OC(C)(C)C)CC2. The first kappa shape index (κ1) is 12.7. The van der Waals surface area contributed by atoms with Crippen LogP contribution in [0.5, 0.6) is 0 Å². The number of hydrogen-bond acceptors (Lipinski definition) is 3. The quantitative estimate of drug-likeness (QED) is 0.718. The number of nitrogens with two attached hydrogens (primary N) is 1. The van der Waals surface area contributed by atoms with Crippen LogP contribution >= 0.6 is 0 Å². The standard InChI is InChI=1S/C14H20N2O2/c1-9-7-10-5-6-16(12(10)8-11(9)15)13(17)18-14(2,3)4/h7-8H,5-6,15H2,1-4H3. The van der Waals surface area contributed by atoms with Crippen LogP contribution < -0.4 is 10.6 Å². The average Bonchev–Trinajstić information content (AvgIpc) is 2.59. The number of aryl methyl sites for hydroxylation is 1. The Hall–Kier alpha value is -1.71. The van der Waals surface area contributed by atoms with Gasteiger partial charge in [0.1, 0.15) is 5.60 Å². The molecule has 4 heteroatoms. The fourth-order valence-electron chi connectivity index (χ4n) is 2.08. The highest BCUT2D eigenvalue weighted by molar-refractivity contribution is 5.91. The van der Waals surface area contributed by atoms with E-state index in [2.05, 4.69) is 6.07 Å². The van der Waals surface area contributed by atoms with Crippen LogP contribution in [-0.4, -0.2) is 18.2 Å². The van der Waals surface area contributed by atoms with Crippen molar-refractivity contribution in [2.75, 3.05) is 17.2 Å². The zero-order valence-corrected chi connectivity index (χ0v) is 11.4. The number of carbonyl (C=O) groups excluding carboxylic acids is 1. The Balaban J connectivity index is 2.26. The van der Waals surface area contributed by atoms with Crippen molar-refractivity contribution in [3.63, 3.8) is 0 Å². The molecule has 18 heavy (non-hydrogen) atoms. The predicted octanol–water partition coefficient (Wildman–Crippen LogP) is 2.87. The molecule has 1 aliphatic rings. The van der Waals surface area contributed by atoms with Gasteiger partial charge in [-0.05, 0) is 51.3 Å². The normalized spacial score (nSPS) is 14.6. The van der Waals surface area contributed by atoms with E-state index >= 15 is 0 Å². The number of amides is 1. The molecule has 0 spiro atoms. The Labute approximate surface area is 108 Å². The van der Waals surface area contributed by atoms with Crippen LogP contribution in [0.4, 0.5) is 16.2 Å². The summed E-state index contributed by atoms with van der Waals surface area (Å²) in [6.45, 7) is 8.24. The minimum atomic E-state index is -0.476. The molecule has 0 unspecified atom stereocenters. The Bertz CT molecular complexity index is 489. The average molecular weight is 248 g/mol. The van der Waals surface area contributed by atoms with Gasteiger partial charge >= 0.3 is 6.09 Å². The topological polar surface area (TPSA) is 55.6 Å². The second kappa shape index (κ2) is 4.19. The number of fused-ring (bicyclic) bond motifs is 1. The van der Waals surface area contributed by atoms with Gasteiger partial charge in [0, 0.05) is 12.2 Å². The highest BCUT2D eigenvalue weighted by atomic mass is 16.6. The van der Waals surface area contributed by atoms with Crippen LogP contribution in [0.3, 0.4) is 0 Å². The second-order valence-corrected chi connectivity index (χ2v) is 5.72. The molecule has 0 aromatic heterocycles. The first-order valence-corrected chi connectivity index (χ1v) is 6.17. The fourth-order valence-corrected chi connectivity index (χ4v) is 2.08. The maximum absolute atomic E-state index is 12.1. The van der Waals surface area contributed by atoms with Crippen molar-refractivity contribution >= 4 is 17.5 Å². The minimum absolute atomic E-state index is 0.301. The minimum Gasteiger partial charge on any atom is -0.443 e. The molecular weight excluding hydrogens is 228 g/mol. The summed E-state index contributed by atoms with van der Waals surface area (Å²) in [6, 6.07) is 3.91.